The number of carbonyl (C=O) groups excluding carboxylic acids is 2. The molecule has 10 nitrogen and oxygen atoms in total. The van der Waals surface area contributed by atoms with Crippen LogP contribution in [0, 0.1) is 0 Å². The van der Waals surface area contributed by atoms with Gasteiger partial charge in [0.2, 0.25) is 11.3 Å². The van der Waals surface area contributed by atoms with E-state index in [-0.39, 0.29) is 16.3 Å². The van der Waals surface area contributed by atoms with Crippen LogP contribution in [0.4, 0.5) is 0 Å². The van der Waals surface area contributed by atoms with Crippen molar-refractivity contribution in [2.75, 3.05) is 20.7 Å². The molecule has 0 aliphatic carbocycles. The predicted molar refractivity (Wildman–Crippen MR) is 101 cm³/mol. The first-order valence-electron chi connectivity index (χ1n) is 7.35. The van der Waals surface area contributed by atoms with Gasteiger partial charge >= 0.3 is 7.82 Å². The molecule has 0 aromatic rings. The molecule has 2 saturated heterocycles. The molecule has 0 bridgehead atoms. The van der Waals surface area contributed by atoms with Crippen molar-refractivity contribution in [3.8, 4) is 0 Å². The fraction of sp³-hybridized carbons (Fsp3) is 0.538. The van der Waals surface area contributed by atoms with Gasteiger partial charge in [0.05, 0.1) is 5.25 Å². The number of nitrogens with zero attached hydrogens (tertiary/aromatic N) is 4. The van der Waals surface area contributed by atoms with Crippen LogP contribution in [-0.2, 0) is 23.2 Å². The topological polar surface area (TPSA) is 121 Å². The van der Waals surface area contributed by atoms with Crippen LogP contribution in [0.5, 0.6) is 0 Å². The lowest BCUT2D eigenvalue weighted by molar-refractivity contribution is -0.129. The molecule has 0 spiro atoms. The van der Waals surface area contributed by atoms with Crippen molar-refractivity contribution in [3.05, 3.63) is 12.2 Å². The van der Waals surface area contributed by atoms with E-state index in [2.05, 4.69) is 21.3 Å². The smallest absolute Gasteiger partial charge is 0.302 e. The van der Waals surface area contributed by atoms with Crippen LogP contribution in [0.1, 0.15) is 13.8 Å². The minimum atomic E-state index is -4.32. The third-order valence-electron chi connectivity index (χ3n) is 3.27. The molecule has 0 aromatic carbocycles. The molecule has 0 aromatic heterocycles. The molecular weight excluding hydrogens is 403 g/mol. The third kappa shape index (κ3) is 4.76. The Balaban J connectivity index is 2.19. The molecule has 2 amide bonds. The minimum absolute atomic E-state index is 0.0945. The van der Waals surface area contributed by atoms with Gasteiger partial charge in [-0.1, -0.05) is 23.9 Å². The second-order valence-corrected chi connectivity index (χ2v) is 9.36. The van der Waals surface area contributed by atoms with E-state index in [4.69, 9.17) is 4.52 Å². The van der Waals surface area contributed by atoms with Crippen LogP contribution in [0.15, 0.2) is 22.4 Å². The molecule has 26 heavy (non-hydrogen) atoms. The van der Waals surface area contributed by atoms with E-state index in [1.165, 1.54) is 23.7 Å². The molecule has 2 aliphatic rings. The van der Waals surface area contributed by atoms with Crippen LogP contribution < -0.4 is 0 Å². The van der Waals surface area contributed by atoms with E-state index >= 15 is 0 Å². The van der Waals surface area contributed by atoms with Crippen LogP contribution in [0.2, 0.25) is 0 Å². The van der Waals surface area contributed by atoms with Crippen LogP contribution in [-0.4, -0.2) is 68.2 Å². The number of hydrogen-bond donors (Lipinski definition) is 1. The fourth-order valence-corrected chi connectivity index (χ4v) is 4.58. The van der Waals surface area contributed by atoms with Gasteiger partial charge in [-0.2, -0.15) is 0 Å². The predicted octanol–water partition coefficient (Wildman–Crippen LogP) is 1.45. The van der Waals surface area contributed by atoms with E-state index in [9.17, 15) is 19.0 Å². The zero-order valence-corrected chi connectivity index (χ0v) is 17.1. The quantitative estimate of drug-likeness (QED) is 0.388. The SMILES string of the molecule is C=C(C)CN1C(=O)C(C)S/C1=N/N=C1/SC(OP(=O)(O)OC)C(=O)N1C. The van der Waals surface area contributed by atoms with E-state index in [1.807, 2.05) is 0 Å². The second-order valence-electron chi connectivity index (χ2n) is 5.51. The highest BCUT2D eigenvalue weighted by molar-refractivity contribution is 8.16. The Morgan fingerprint density at radius 1 is 1.31 bits per heavy atom. The van der Waals surface area contributed by atoms with E-state index in [0.29, 0.717) is 11.7 Å². The van der Waals surface area contributed by atoms with Gasteiger partial charge in [0.25, 0.3) is 5.91 Å². The highest BCUT2D eigenvalue weighted by Gasteiger charge is 2.42. The number of phosphoric acid groups is 1. The molecule has 144 valence electrons. The summed E-state index contributed by atoms with van der Waals surface area (Å²) in [5.74, 6) is -0.662. The van der Waals surface area contributed by atoms with Crippen molar-refractivity contribution in [2.45, 2.75) is 24.5 Å². The first-order valence-corrected chi connectivity index (χ1v) is 10.6. The van der Waals surface area contributed by atoms with Gasteiger partial charge in [-0.15, -0.1) is 10.2 Å². The summed E-state index contributed by atoms with van der Waals surface area (Å²) in [6, 6.07) is 0. The van der Waals surface area contributed by atoms with E-state index in [0.717, 1.165) is 29.3 Å². The second kappa shape index (κ2) is 8.24. The van der Waals surface area contributed by atoms with Gasteiger partial charge in [-0.25, -0.2) is 4.57 Å². The monoisotopic (exact) mass is 422 g/mol. The zero-order chi connectivity index (χ0) is 19.6. The van der Waals surface area contributed by atoms with Crippen molar-refractivity contribution in [1.82, 2.24) is 9.80 Å². The maximum Gasteiger partial charge on any atom is 0.473 e. The Labute approximate surface area is 159 Å². The van der Waals surface area contributed by atoms with Gasteiger partial charge in [-0.05, 0) is 25.6 Å². The number of phosphoric ester groups is 1. The van der Waals surface area contributed by atoms with Crippen LogP contribution in [0.3, 0.4) is 0 Å². The first-order chi connectivity index (χ1) is 12.1. The summed E-state index contributed by atoms with van der Waals surface area (Å²) in [6.45, 7) is 7.69. The van der Waals surface area contributed by atoms with Crippen molar-refractivity contribution in [2.24, 2.45) is 10.2 Å². The van der Waals surface area contributed by atoms with Crippen molar-refractivity contribution in [1.29, 1.82) is 0 Å². The van der Waals surface area contributed by atoms with Gasteiger partial charge in [0, 0.05) is 20.7 Å². The summed E-state index contributed by atoms with van der Waals surface area (Å²) in [4.78, 5) is 36.3. The fourth-order valence-electron chi connectivity index (χ4n) is 1.96. The third-order valence-corrected chi connectivity index (χ3v) is 6.49. The summed E-state index contributed by atoms with van der Waals surface area (Å²) < 4.78 is 20.6. The number of hydrogen-bond acceptors (Lipinski definition) is 9. The lowest BCUT2D eigenvalue weighted by atomic mass is 10.3. The van der Waals surface area contributed by atoms with Crippen LogP contribution in [0.25, 0.3) is 0 Å². The largest absolute Gasteiger partial charge is 0.473 e. The standard InChI is InChI=1S/C13H19N4O6PS2/c1-7(2)6-17-9(18)8(3)25-13(17)15-14-12-16(4)10(19)11(26-12)23-24(20,21)22-5/h8,11H,1,6H2,2-5H3,(H,20,21)/b14-12+,15-13+. The molecule has 0 radical (unpaired) electrons. The van der Waals surface area contributed by atoms with Crippen LogP contribution >= 0.6 is 31.3 Å². The van der Waals surface area contributed by atoms with Crippen molar-refractivity contribution in [3.63, 3.8) is 0 Å². The maximum atomic E-state index is 12.2. The Morgan fingerprint density at radius 3 is 2.50 bits per heavy atom. The first kappa shape index (κ1) is 21.1. The average Bonchev–Trinajstić information content (AvgIpc) is 2.97. The average molecular weight is 422 g/mol. The van der Waals surface area contributed by atoms with E-state index in [1.54, 1.807) is 13.8 Å². The highest BCUT2D eigenvalue weighted by atomic mass is 32.2. The molecule has 3 unspecified atom stereocenters. The Bertz CT molecular complexity index is 742. The Morgan fingerprint density at radius 2 is 1.92 bits per heavy atom. The number of rotatable bonds is 6. The molecule has 2 fully saturated rings. The Hall–Kier alpha value is -1.17. The molecule has 2 aliphatic heterocycles. The number of thioether (sulfide) groups is 2. The zero-order valence-electron chi connectivity index (χ0n) is 14.6. The number of amidine groups is 2. The van der Waals surface area contributed by atoms with Gasteiger partial charge in [0.1, 0.15) is 0 Å². The molecule has 0 saturated carbocycles. The summed E-state index contributed by atoms with van der Waals surface area (Å²) in [5, 5.41) is 8.36. The lowest BCUT2D eigenvalue weighted by Crippen LogP contribution is -2.32. The highest BCUT2D eigenvalue weighted by Crippen LogP contribution is 2.47. The lowest BCUT2D eigenvalue weighted by Gasteiger charge is -2.15. The summed E-state index contributed by atoms with van der Waals surface area (Å²) in [5.41, 5.74) is -0.472. The number of carbonyl (C=O) groups is 2. The minimum Gasteiger partial charge on any atom is -0.302 e. The van der Waals surface area contributed by atoms with Gasteiger partial charge in [0.15, 0.2) is 10.3 Å². The molecule has 3 atom stereocenters. The summed E-state index contributed by atoms with van der Waals surface area (Å²) in [6.07, 6.45) is 0. The van der Waals surface area contributed by atoms with Gasteiger partial charge in [-0.3, -0.25) is 28.4 Å². The molecule has 1 N–H and O–H groups in total. The van der Waals surface area contributed by atoms with Gasteiger partial charge < -0.3 is 4.89 Å². The van der Waals surface area contributed by atoms with Crippen molar-refractivity contribution >= 4 is 53.5 Å². The number of amides is 2. The molecule has 2 rings (SSSR count). The normalized spacial score (nSPS) is 29.1. The maximum absolute atomic E-state index is 12.2. The summed E-state index contributed by atoms with van der Waals surface area (Å²) >= 11 is 2.08. The van der Waals surface area contributed by atoms with Crippen molar-refractivity contribution < 1.29 is 28.1 Å². The molecule has 2 heterocycles. The Kier molecular flexibility index (Phi) is 6.70. The molecule has 13 heteroatoms. The van der Waals surface area contributed by atoms with E-state index < -0.39 is 19.2 Å². The molecular formula is C13H19N4O6PS2. The number of likely N-dealkylation sites (N-methyl/N-ethyl adjacent to an activating group) is 1. The summed E-state index contributed by atoms with van der Waals surface area (Å²) in [7, 11) is -1.88.